The van der Waals surface area contributed by atoms with Crippen molar-refractivity contribution < 1.29 is 20.1 Å². The number of carbonyl (C=O) groups is 1. The van der Waals surface area contributed by atoms with E-state index in [2.05, 4.69) is 19.2 Å². The van der Waals surface area contributed by atoms with Crippen molar-refractivity contribution in [1.82, 2.24) is 5.32 Å². The van der Waals surface area contributed by atoms with Crippen LogP contribution in [0.5, 0.6) is 0 Å². The molecule has 0 aliphatic rings. The van der Waals surface area contributed by atoms with Crippen molar-refractivity contribution in [2.45, 2.75) is 315 Å². The first-order valence-electron chi connectivity index (χ1n) is 26.5. The first-order valence-corrected chi connectivity index (χ1v) is 26.5. The van der Waals surface area contributed by atoms with Gasteiger partial charge < -0.3 is 20.6 Å². The van der Waals surface area contributed by atoms with Gasteiger partial charge in [-0.25, -0.2) is 0 Å². The van der Waals surface area contributed by atoms with Crippen molar-refractivity contribution in [2.75, 3.05) is 6.61 Å². The number of rotatable bonds is 49. The van der Waals surface area contributed by atoms with Crippen LogP contribution >= 0.6 is 0 Å². The molecule has 1 amide bonds. The third-order valence-electron chi connectivity index (χ3n) is 12.6. The van der Waals surface area contributed by atoms with Crippen LogP contribution in [-0.4, -0.2) is 46.1 Å². The molecule has 58 heavy (non-hydrogen) atoms. The summed E-state index contributed by atoms with van der Waals surface area (Å²) >= 11 is 0. The highest BCUT2D eigenvalue weighted by Crippen LogP contribution is 2.18. The lowest BCUT2D eigenvalue weighted by Crippen LogP contribution is -2.45. The molecule has 0 spiro atoms. The molecule has 0 heterocycles. The van der Waals surface area contributed by atoms with Crippen LogP contribution in [-0.2, 0) is 4.79 Å². The molecule has 5 nitrogen and oxygen atoms in total. The van der Waals surface area contributed by atoms with Crippen LogP contribution in [0.3, 0.4) is 0 Å². The van der Waals surface area contributed by atoms with Gasteiger partial charge in [-0.15, -0.1) is 0 Å². The van der Waals surface area contributed by atoms with Gasteiger partial charge in [0.2, 0.25) is 5.91 Å². The molecule has 5 heteroatoms. The summed E-state index contributed by atoms with van der Waals surface area (Å²) in [5.74, 6) is -0.309. The van der Waals surface area contributed by atoms with Gasteiger partial charge in [0.25, 0.3) is 0 Å². The molecule has 0 aliphatic carbocycles. The molecule has 0 saturated heterocycles. The Morgan fingerprint density at radius 1 is 0.431 bits per heavy atom. The zero-order valence-electron chi connectivity index (χ0n) is 39.5. The minimum Gasteiger partial charge on any atom is -0.394 e. The molecule has 346 valence electrons. The van der Waals surface area contributed by atoms with Crippen molar-refractivity contribution in [3.8, 4) is 0 Å². The topological polar surface area (TPSA) is 89.8 Å². The average Bonchev–Trinajstić information content (AvgIpc) is 3.22. The van der Waals surface area contributed by atoms with Crippen LogP contribution in [0, 0.1) is 0 Å². The Morgan fingerprint density at radius 3 is 1.00 bits per heavy atom. The number of amides is 1. The molecule has 0 aromatic rings. The van der Waals surface area contributed by atoms with Crippen molar-refractivity contribution in [1.29, 1.82) is 0 Å². The number of hydrogen-bond donors (Lipinski definition) is 4. The third-order valence-corrected chi connectivity index (χ3v) is 12.6. The van der Waals surface area contributed by atoms with Gasteiger partial charge in [-0.3, -0.25) is 4.79 Å². The molecular weight excluding hydrogens is 715 g/mol. The summed E-state index contributed by atoms with van der Waals surface area (Å²) < 4.78 is 0. The SMILES string of the molecule is CCCCCCCCCCCCCCCCCC/C=C/C(O)C(CO)NC(=O)CC(O)CCCCCCCCCCCCCCCCCCCCCCCCCCC. The standard InChI is InChI=1S/C53H105NO4/c1-3-5-7-9-11-13-15-17-19-21-23-24-25-26-27-28-29-30-32-34-36-38-40-42-44-46-50(56)48-53(58)54-51(49-55)52(57)47-45-43-41-39-37-35-33-31-22-20-18-16-14-12-10-8-6-4-2/h45,47,50-52,55-57H,3-44,46,48-49H2,1-2H3,(H,54,58)/b47-45+. The van der Waals surface area contributed by atoms with E-state index in [-0.39, 0.29) is 18.9 Å². The van der Waals surface area contributed by atoms with Crippen LogP contribution in [0.1, 0.15) is 296 Å². The largest absolute Gasteiger partial charge is 0.394 e. The zero-order valence-corrected chi connectivity index (χ0v) is 39.5. The normalized spacial score (nSPS) is 13.4. The molecule has 3 unspecified atom stereocenters. The van der Waals surface area contributed by atoms with Gasteiger partial charge in [-0.1, -0.05) is 283 Å². The Morgan fingerprint density at radius 2 is 0.707 bits per heavy atom. The highest BCUT2D eigenvalue weighted by Gasteiger charge is 2.20. The highest BCUT2D eigenvalue weighted by molar-refractivity contribution is 5.76. The molecule has 0 rings (SSSR count). The predicted octanol–water partition coefficient (Wildman–Crippen LogP) is 15.9. The Kier molecular flexibility index (Phi) is 48.0. The number of allylic oxidation sites excluding steroid dienone is 1. The molecule has 0 aromatic heterocycles. The van der Waals surface area contributed by atoms with E-state index in [1.54, 1.807) is 6.08 Å². The Bertz CT molecular complexity index is 818. The minimum absolute atomic E-state index is 0.0194. The fraction of sp³-hybridized carbons (Fsp3) is 0.943. The summed E-state index contributed by atoms with van der Waals surface area (Å²) in [6.45, 7) is 4.25. The van der Waals surface area contributed by atoms with E-state index in [4.69, 9.17) is 0 Å². The van der Waals surface area contributed by atoms with E-state index >= 15 is 0 Å². The van der Waals surface area contributed by atoms with Crippen LogP contribution < -0.4 is 5.32 Å². The Labute approximate surface area is 363 Å². The quantitative estimate of drug-likeness (QED) is 0.0364. The molecule has 4 N–H and O–H groups in total. The summed E-state index contributed by atoms with van der Waals surface area (Å²) in [7, 11) is 0. The number of unbranched alkanes of at least 4 members (excludes halogenated alkanes) is 40. The highest BCUT2D eigenvalue weighted by atomic mass is 16.3. The molecule has 0 bridgehead atoms. The van der Waals surface area contributed by atoms with E-state index in [1.165, 1.54) is 244 Å². The van der Waals surface area contributed by atoms with E-state index < -0.39 is 18.2 Å². The lowest BCUT2D eigenvalue weighted by molar-refractivity contribution is -0.124. The lowest BCUT2D eigenvalue weighted by atomic mass is 10.0. The van der Waals surface area contributed by atoms with Crippen molar-refractivity contribution in [3.63, 3.8) is 0 Å². The molecular formula is C53H105NO4. The summed E-state index contributed by atoms with van der Waals surface area (Å²) in [5, 5.41) is 33.4. The smallest absolute Gasteiger partial charge is 0.222 e. The molecule has 0 radical (unpaired) electrons. The predicted molar refractivity (Wildman–Crippen MR) is 255 cm³/mol. The molecule has 0 fully saturated rings. The van der Waals surface area contributed by atoms with Crippen molar-refractivity contribution in [3.05, 3.63) is 12.2 Å². The minimum atomic E-state index is -0.925. The lowest BCUT2D eigenvalue weighted by Gasteiger charge is -2.21. The van der Waals surface area contributed by atoms with Crippen molar-refractivity contribution >= 4 is 5.91 Å². The number of hydrogen-bond acceptors (Lipinski definition) is 4. The first kappa shape index (κ1) is 57.1. The van der Waals surface area contributed by atoms with Gasteiger partial charge in [0.05, 0.1) is 31.3 Å². The van der Waals surface area contributed by atoms with Crippen LogP contribution in [0.25, 0.3) is 0 Å². The maximum Gasteiger partial charge on any atom is 0.222 e. The van der Waals surface area contributed by atoms with Crippen molar-refractivity contribution in [2.24, 2.45) is 0 Å². The number of aliphatic hydroxyl groups excluding tert-OH is 3. The molecule has 3 atom stereocenters. The maximum absolute atomic E-state index is 12.5. The van der Waals surface area contributed by atoms with Gasteiger partial charge in [0.1, 0.15) is 0 Å². The van der Waals surface area contributed by atoms with E-state index in [9.17, 15) is 20.1 Å². The average molecular weight is 820 g/mol. The second-order valence-electron chi connectivity index (χ2n) is 18.5. The second kappa shape index (κ2) is 48.8. The summed E-state index contributed by atoms with van der Waals surface area (Å²) in [5.41, 5.74) is 0. The van der Waals surface area contributed by atoms with Gasteiger partial charge in [-0.2, -0.15) is 0 Å². The monoisotopic (exact) mass is 820 g/mol. The fourth-order valence-electron chi connectivity index (χ4n) is 8.52. The fourth-order valence-corrected chi connectivity index (χ4v) is 8.52. The third kappa shape index (κ3) is 44.6. The first-order chi connectivity index (χ1) is 28.5. The molecule has 0 saturated carbocycles. The van der Waals surface area contributed by atoms with Gasteiger partial charge in [-0.05, 0) is 19.3 Å². The van der Waals surface area contributed by atoms with Gasteiger partial charge in [0.15, 0.2) is 0 Å². The zero-order chi connectivity index (χ0) is 42.3. The van der Waals surface area contributed by atoms with Crippen LogP contribution in [0.2, 0.25) is 0 Å². The molecule has 0 aliphatic heterocycles. The van der Waals surface area contributed by atoms with Gasteiger partial charge in [0, 0.05) is 0 Å². The summed E-state index contributed by atoms with van der Waals surface area (Å²) in [6.07, 6.45) is 59.6. The summed E-state index contributed by atoms with van der Waals surface area (Å²) in [6, 6.07) is -0.740. The number of aliphatic hydroxyl groups is 3. The summed E-state index contributed by atoms with van der Waals surface area (Å²) in [4.78, 5) is 12.5. The van der Waals surface area contributed by atoms with E-state index in [0.29, 0.717) is 6.42 Å². The van der Waals surface area contributed by atoms with Crippen LogP contribution in [0.15, 0.2) is 12.2 Å². The van der Waals surface area contributed by atoms with Crippen LogP contribution in [0.4, 0.5) is 0 Å². The van der Waals surface area contributed by atoms with E-state index in [1.807, 2.05) is 6.08 Å². The number of carbonyl (C=O) groups excluding carboxylic acids is 1. The second-order valence-corrected chi connectivity index (χ2v) is 18.5. The Hall–Kier alpha value is -0.910. The molecule has 0 aromatic carbocycles. The van der Waals surface area contributed by atoms with Gasteiger partial charge >= 0.3 is 0 Å². The van der Waals surface area contributed by atoms with E-state index in [0.717, 1.165) is 25.7 Å². The maximum atomic E-state index is 12.5. The Balaban J connectivity index is 3.54. The number of nitrogens with one attached hydrogen (secondary N) is 1.